The summed E-state index contributed by atoms with van der Waals surface area (Å²) in [7, 11) is -2.55. The van der Waals surface area contributed by atoms with Gasteiger partial charge in [0, 0.05) is 17.1 Å². The third-order valence-electron chi connectivity index (χ3n) is 5.05. The summed E-state index contributed by atoms with van der Waals surface area (Å²) in [4.78, 5) is 13.1. The van der Waals surface area contributed by atoms with Crippen molar-refractivity contribution in [2.24, 2.45) is 0 Å². The number of halogens is 1. The van der Waals surface area contributed by atoms with Crippen LogP contribution in [-0.4, -0.2) is 32.3 Å². The standard InChI is InChI=1S/C23H20ClNO5S/c1-29-21-14-20-17(12-22(21)30-15-16-6-3-2-4-7-16)10-11-25(23(20)26)31(27,28)19-9-5-8-18(24)13-19/h2-9,12-14H,10-11,15H2,1H3. The fourth-order valence-corrected chi connectivity index (χ4v) is 5.14. The van der Waals surface area contributed by atoms with Crippen molar-refractivity contribution in [3.05, 3.63) is 88.4 Å². The number of methoxy groups -OCH3 is 1. The molecule has 0 saturated heterocycles. The lowest BCUT2D eigenvalue weighted by molar-refractivity contribution is 0.0849. The fourth-order valence-electron chi connectivity index (χ4n) is 3.46. The summed E-state index contributed by atoms with van der Waals surface area (Å²) in [5, 5.41) is 0.285. The van der Waals surface area contributed by atoms with Gasteiger partial charge in [0.05, 0.1) is 12.0 Å². The zero-order valence-corrected chi connectivity index (χ0v) is 18.3. The molecular formula is C23H20ClNO5S. The Balaban J connectivity index is 1.63. The van der Waals surface area contributed by atoms with Gasteiger partial charge in [-0.15, -0.1) is 0 Å². The lowest BCUT2D eigenvalue weighted by Crippen LogP contribution is -2.42. The second kappa shape index (κ2) is 8.61. The minimum atomic E-state index is -4.03. The van der Waals surface area contributed by atoms with Crippen molar-refractivity contribution in [1.29, 1.82) is 0 Å². The minimum Gasteiger partial charge on any atom is -0.493 e. The fraction of sp³-hybridized carbons (Fsp3) is 0.174. The average molecular weight is 458 g/mol. The Bertz CT molecular complexity index is 1230. The van der Waals surface area contributed by atoms with Gasteiger partial charge in [0.25, 0.3) is 15.9 Å². The van der Waals surface area contributed by atoms with Crippen molar-refractivity contribution in [2.45, 2.75) is 17.9 Å². The van der Waals surface area contributed by atoms with Crippen LogP contribution in [0.3, 0.4) is 0 Å². The summed E-state index contributed by atoms with van der Waals surface area (Å²) in [5.41, 5.74) is 1.99. The molecule has 0 spiro atoms. The van der Waals surface area contributed by atoms with Crippen LogP contribution < -0.4 is 9.47 Å². The first-order chi connectivity index (χ1) is 14.9. The van der Waals surface area contributed by atoms with Gasteiger partial charge in [0.2, 0.25) is 0 Å². The molecule has 0 aromatic heterocycles. The Kier molecular flexibility index (Phi) is 5.89. The van der Waals surface area contributed by atoms with Crippen LogP contribution in [0.2, 0.25) is 5.02 Å². The topological polar surface area (TPSA) is 72.9 Å². The molecule has 6 nitrogen and oxygen atoms in total. The molecule has 31 heavy (non-hydrogen) atoms. The molecule has 1 aliphatic heterocycles. The number of amides is 1. The van der Waals surface area contributed by atoms with Crippen LogP contribution in [0.15, 0.2) is 71.6 Å². The Labute approximate surface area is 186 Å². The van der Waals surface area contributed by atoms with Gasteiger partial charge < -0.3 is 9.47 Å². The summed E-state index contributed by atoms with van der Waals surface area (Å²) >= 11 is 5.94. The number of carbonyl (C=O) groups is 1. The summed E-state index contributed by atoms with van der Waals surface area (Å²) in [6, 6.07) is 18.8. The number of hydrogen-bond acceptors (Lipinski definition) is 5. The molecule has 8 heteroatoms. The quantitative estimate of drug-likeness (QED) is 0.551. The molecule has 0 unspecified atom stereocenters. The normalized spacial score (nSPS) is 13.6. The molecule has 0 N–H and O–H groups in total. The van der Waals surface area contributed by atoms with Crippen LogP contribution in [0.25, 0.3) is 0 Å². The number of benzene rings is 3. The minimum absolute atomic E-state index is 0.0217. The highest BCUT2D eigenvalue weighted by atomic mass is 35.5. The van der Waals surface area contributed by atoms with Crippen molar-refractivity contribution in [1.82, 2.24) is 4.31 Å². The van der Waals surface area contributed by atoms with Crippen molar-refractivity contribution in [2.75, 3.05) is 13.7 Å². The second-order valence-corrected chi connectivity index (χ2v) is 9.32. The molecule has 1 aliphatic rings. The zero-order chi connectivity index (χ0) is 22.0. The van der Waals surface area contributed by atoms with Gasteiger partial charge in [-0.3, -0.25) is 4.79 Å². The van der Waals surface area contributed by atoms with E-state index in [1.54, 1.807) is 12.1 Å². The maximum absolute atomic E-state index is 13.1. The van der Waals surface area contributed by atoms with E-state index in [9.17, 15) is 13.2 Å². The molecule has 160 valence electrons. The molecule has 0 radical (unpaired) electrons. The number of rotatable bonds is 6. The molecule has 1 amide bonds. The first-order valence-electron chi connectivity index (χ1n) is 9.60. The van der Waals surface area contributed by atoms with Gasteiger partial charge in [-0.05, 0) is 47.9 Å². The highest BCUT2D eigenvalue weighted by Crippen LogP contribution is 2.35. The van der Waals surface area contributed by atoms with E-state index in [1.807, 2.05) is 30.3 Å². The largest absolute Gasteiger partial charge is 0.493 e. The van der Waals surface area contributed by atoms with Gasteiger partial charge in [0.15, 0.2) is 11.5 Å². The molecule has 0 saturated carbocycles. The SMILES string of the molecule is COc1cc2c(cc1OCc1ccccc1)CCN(S(=O)(=O)c1cccc(Cl)c1)C2=O. The van der Waals surface area contributed by atoms with E-state index in [0.717, 1.165) is 9.87 Å². The van der Waals surface area contributed by atoms with Gasteiger partial charge >= 0.3 is 0 Å². The third kappa shape index (κ3) is 4.24. The van der Waals surface area contributed by atoms with Crippen molar-refractivity contribution in [3.63, 3.8) is 0 Å². The second-order valence-electron chi connectivity index (χ2n) is 7.02. The highest BCUT2D eigenvalue weighted by Gasteiger charge is 2.35. The Hall–Kier alpha value is -3.03. The summed E-state index contributed by atoms with van der Waals surface area (Å²) in [6.07, 6.45) is 0.368. The van der Waals surface area contributed by atoms with Crippen molar-refractivity contribution < 1.29 is 22.7 Å². The Morgan fingerprint density at radius 3 is 2.48 bits per heavy atom. The number of fused-ring (bicyclic) bond motifs is 1. The maximum Gasteiger partial charge on any atom is 0.268 e. The number of carbonyl (C=O) groups excluding carboxylic acids is 1. The van der Waals surface area contributed by atoms with Gasteiger partial charge in [-0.2, -0.15) is 0 Å². The van der Waals surface area contributed by atoms with Crippen LogP contribution >= 0.6 is 11.6 Å². The van der Waals surface area contributed by atoms with E-state index >= 15 is 0 Å². The first-order valence-corrected chi connectivity index (χ1v) is 11.4. The molecule has 0 fully saturated rings. The predicted molar refractivity (Wildman–Crippen MR) is 117 cm³/mol. The van der Waals surface area contributed by atoms with E-state index in [2.05, 4.69) is 0 Å². The van der Waals surface area contributed by atoms with E-state index in [4.69, 9.17) is 21.1 Å². The van der Waals surface area contributed by atoms with Gasteiger partial charge in [-0.1, -0.05) is 48.0 Å². The maximum atomic E-state index is 13.1. The third-order valence-corrected chi connectivity index (χ3v) is 7.07. The predicted octanol–water partition coefficient (Wildman–Crippen LogP) is 4.31. The van der Waals surface area contributed by atoms with Crippen molar-refractivity contribution >= 4 is 27.5 Å². The van der Waals surface area contributed by atoms with Crippen LogP contribution in [0.4, 0.5) is 0 Å². The summed E-state index contributed by atoms with van der Waals surface area (Å²) in [6.45, 7) is 0.379. The highest BCUT2D eigenvalue weighted by molar-refractivity contribution is 7.89. The molecule has 0 bridgehead atoms. The lowest BCUT2D eigenvalue weighted by Gasteiger charge is -2.28. The van der Waals surface area contributed by atoms with E-state index < -0.39 is 15.9 Å². The first kappa shape index (κ1) is 21.2. The number of nitrogens with zero attached hydrogens (tertiary/aromatic N) is 1. The number of hydrogen-bond donors (Lipinski definition) is 0. The van der Waals surface area contributed by atoms with E-state index in [1.165, 1.54) is 31.4 Å². The molecule has 1 heterocycles. The molecule has 3 aromatic carbocycles. The molecular weight excluding hydrogens is 438 g/mol. The number of ether oxygens (including phenoxy) is 2. The van der Waals surface area contributed by atoms with Crippen LogP contribution in [-0.2, 0) is 23.1 Å². The van der Waals surface area contributed by atoms with Crippen molar-refractivity contribution in [3.8, 4) is 11.5 Å². The van der Waals surface area contributed by atoms with Crippen LogP contribution in [0.5, 0.6) is 11.5 Å². The van der Waals surface area contributed by atoms with Crippen LogP contribution in [0.1, 0.15) is 21.5 Å². The molecule has 3 aromatic rings. The zero-order valence-electron chi connectivity index (χ0n) is 16.7. The number of sulfonamides is 1. The molecule has 4 rings (SSSR count). The van der Waals surface area contributed by atoms with E-state index in [-0.39, 0.29) is 22.0 Å². The Morgan fingerprint density at radius 1 is 1.00 bits per heavy atom. The van der Waals surface area contributed by atoms with Gasteiger partial charge in [-0.25, -0.2) is 12.7 Å². The van der Waals surface area contributed by atoms with E-state index in [0.29, 0.717) is 30.1 Å². The average Bonchev–Trinajstić information content (AvgIpc) is 2.78. The smallest absolute Gasteiger partial charge is 0.268 e. The Morgan fingerprint density at radius 2 is 1.77 bits per heavy atom. The summed E-state index contributed by atoms with van der Waals surface area (Å²) < 4.78 is 38.3. The lowest BCUT2D eigenvalue weighted by atomic mass is 9.99. The monoisotopic (exact) mass is 457 g/mol. The molecule has 0 atom stereocenters. The van der Waals surface area contributed by atoms with Crippen LogP contribution in [0, 0.1) is 0 Å². The summed E-state index contributed by atoms with van der Waals surface area (Å²) in [5.74, 6) is 0.267. The molecule has 0 aliphatic carbocycles. The van der Waals surface area contributed by atoms with Gasteiger partial charge in [0.1, 0.15) is 6.61 Å².